The topological polar surface area (TPSA) is 88.5 Å². The summed E-state index contributed by atoms with van der Waals surface area (Å²) < 4.78 is 25.0. The van der Waals surface area contributed by atoms with E-state index in [1.165, 1.54) is 22.7 Å². The molecule has 3 rings (SSSR count). The molecule has 1 aromatic rings. The molecule has 2 aliphatic rings. The maximum absolute atomic E-state index is 12.5. The Balaban J connectivity index is 1.57. The molecular formula is C16H17N3O4S3. The van der Waals surface area contributed by atoms with E-state index in [0.717, 1.165) is 11.1 Å². The molecule has 1 unspecified atom stereocenters. The van der Waals surface area contributed by atoms with Gasteiger partial charge in [0.1, 0.15) is 4.32 Å². The van der Waals surface area contributed by atoms with Crippen molar-refractivity contribution in [2.75, 3.05) is 12.3 Å². The fraction of sp³-hybridized carbons (Fsp3) is 0.312. The van der Waals surface area contributed by atoms with Crippen LogP contribution in [-0.2, 0) is 26.5 Å². The molecule has 2 amide bonds. The summed E-state index contributed by atoms with van der Waals surface area (Å²) in [7, 11) is -1.33. The molecular weight excluding hydrogens is 394 g/mol. The Morgan fingerprint density at radius 2 is 2.27 bits per heavy atom. The zero-order chi connectivity index (χ0) is 18.9. The molecule has 0 spiro atoms. The van der Waals surface area contributed by atoms with Gasteiger partial charge in [0.15, 0.2) is 9.84 Å². The third kappa shape index (κ3) is 4.25. The minimum absolute atomic E-state index is 0.0499. The van der Waals surface area contributed by atoms with Gasteiger partial charge in [-0.05, 0) is 24.3 Å². The number of thiocarbonyl (C=S) groups is 1. The number of nitrogens with zero attached hydrogens (tertiary/aromatic N) is 2. The van der Waals surface area contributed by atoms with Crippen LogP contribution in [0.4, 0.5) is 0 Å². The number of aromatic nitrogens is 1. The Morgan fingerprint density at radius 3 is 2.88 bits per heavy atom. The van der Waals surface area contributed by atoms with Crippen molar-refractivity contribution in [3.8, 4) is 0 Å². The Kier molecular flexibility index (Phi) is 5.35. The monoisotopic (exact) mass is 411 g/mol. The van der Waals surface area contributed by atoms with E-state index in [0.29, 0.717) is 9.23 Å². The van der Waals surface area contributed by atoms with Gasteiger partial charge in [-0.2, -0.15) is 0 Å². The zero-order valence-corrected chi connectivity index (χ0v) is 16.4. The molecule has 1 saturated heterocycles. The van der Waals surface area contributed by atoms with Crippen molar-refractivity contribution in [3.05, 3.63) is 40.4 Å². The first-order chi connectivity index (χ1) is 12.2. The standard InChI is InChI=1S/C16H17N3O4S3/c1-18-6-2-3-12(18)9-13-15(21)19(16(24)25-13)7-4-14(20)17-11-5-8-26(22,23)10-11/h2-3,5-6,8-9,11H,4,7,10H2,1H3,(H,17,20). The fourth-order valence-corrected chi connectivity index (χ4v) is 5.14. The van der Waals surface area contributed by atoms with E-state index in [1.54, 1.807) is 6.08 Å². The lowest BCUT2D eigenvalue weighted by atomic mass is 10.3. The first-order valence-electron chi connectivity index (χ1n) is 7.82. The number of amides is 2. The van der Waals surface area contributed by atoms with Gasteiger partial charge in [-0.3, -0.25) is 14.5 Å². The van der Waals surface area contributed by atoms with Crippen molar-refractivity contribution in [3.63, 3.8) is 0 Å². The highest BCUT2D eigenvalue weighted by molar-refractivity contribution is 8.26. The molecule has 0 saturated carbocycles. The SMILES string of the molecule is Cn1cccc1C=C1SC(=S)N(CCC(=O)NC2C=CS(=O)(=O)C2)C1=O. The summed E-state index contributed by atoms with van der Waals surface area (Å²) in [6, 6.07) is 3.26. The number of aryl methyl sites for hydroxylation is 1. The molecule has 3 heterocycles. The normalized spacial score (nSPS) is 23.2. The summed E-state index contributed by atoms with van der Waals surface area (Å²) in [5.41, 5.74) is 0.887. The highest BCUT2D eigenvalue weighted by Crippen LogP contribution is 2.32. The zero-order valence-electron chi connectivity index (χ0n) is 13.9. The second kappa shape index (κ2) is 7.37. The Morgan fingerprint density at radius 1 is 1.50 bits per heavy atom. The highest BCUT2D eigenvalue weighted by atomic mass is 32.2. The molecule has 0 bridgehead atoms. The summed E-state index contributed by atoms with van der Waals surface area (Å²) in [5.74, 6) is -0.673. The highest BCUT2D eigenvalue weighted by Gasteiger charge is 2.32. The van der Waals surface area contributed by atoms with Crippen LogP contribution >= 0.6 is 24.0 Å². The van der Waals surface area contributed by atoms with Crippen molar-refractivity contribution >= 4 is 56.0 Å². The van der Waals surface area contributed by atoms with Gasteiger partial charge < -0.3 is 9.88 Å². The lowest BCUT2D eigenvalue weighted by Gasteiger charge is -2.15. The summed E-state index contributed by atoms with van der Waals surface area (Å²) in [4.78, 5) is 26.4. The average molecular weight is 412 g/mol. The van der Waals surface area contributed by atoms with E-state index in [2.05, 4.69) is 5.32 Å². The molecule has 0 aliphatic carbocycles. The van der Waals surface area contributed by atoms with E-state index in [9.17, 15) is 18.0 Å². The molecule has 10 heteroatoms. The Hall–Kier alpha value is -1.91. The van der Waals surface area contributed by atoms with Gasteiger partial charge in [-0.1, -0.05) is 24.0 Å². The average Bonchev–Trinajstić information content (AvgIpc) is 3.18. The molecule has 2 aliphatic heterocycles. The molecule has 0 radical (unpaired) electrons. The van der Waals surface area contributed by atoms with E-state index < -0.39 is 15.9 Å². The second-order valence-electron chi connectivity index (χ2n) is 5.96. The fourth-order valence-electron chi connectivity index (χ4n) is 2.61. The van der Waals surface area contributed by atoms with Crippen molar-refractivity contribution in [1.29, 1.82) is 0 Å². The number of thioether (sulfide) groups is 1. The minimum Gasteiger partial charge on any atom is -0.351 e. The van der Waals surface area contributed by atoms with Crippen molar-refractivity contribution in [2.45, 2.75) is 12.5 Å². The maximum atomic E-state index is 12.5. The van der Waals surface area contributed by atoms with Crippen LogP contribution in [0.3, 0.4) is 0 Å². The van der Waals surface area contributed by atoms with Crippen molar-refractivity contribution in [1.82, 2.24) is 14.8 Å². The first-order valence-corrected chi connectivity index (χ1v) is 10.8. The Bertz CT molecular complexity index is 930. The van der Waals surface area contributed by atoms with Crippen LogP contribution in [0.25, 0.3) is 6.08 Å². The van der Waals surface area contributed by atoms with Crippen LogP contribution in [0, 0.1) is 0 Å². The van der Waals surface area contributed by atoms with Gasteiger partial charge in [0.2, 0.25) is 5.91 Å². The Labute approximate surface area is 161 Å². The number of hydrogen-bond acceptors (Lipinski definition) is 6. The van der Waals surface area contributed by atoms with Crippen LogP contribution in [0.15, 0.2) is 34.7 Å². The number of carbonyl (C=O) groups is 2. The number of nitrogens with one attached hydrogen (secondary N) is 1. The van der Waals surface area contributed by atoms with Crippen LogP contribution in [0.5, 0.6) is 0 Å². The molecule has 0 aromatic carbocycles. The maximum Gasteiger partial charge on any atom is 0.266 e. The van der Waals surface area contributed by atoms with Gasteiger partial charge in [-0.15, -0.1) is 0 Å². The van der Waals surface area contributed by atoms with Gasteiger partial charge >= 0.3 is 0 Å². The quantitative estimate of drug-likeness (QED) is 0.575. The summed E-state index contributed by atoms with van der Waals surface area (Å²) >= 11 is 6.45. The number of rotatable bonds is 5. The molecule has 1 atom stereocenters. The molecule has 26 heavy (non-hydrogen) atoms. The predicted molar refractivity (Wildman–Crippen MR) is 105 cm³/mol. The van der Waals surface area contributed by atoms with Crippen molar-refractivity contribution < 1.29 is 18.0 Å². The second-order valence-corrected chi connectivity index (χ2v) is 9.57. The molecule has 138 valence electrons. The summed E-state index contributed by atoms with van der Waals surface area (Å²) in [6.45, 7) is 0.157. The molecule has 1 aromatic heterocycles. The van der Waals surface area contributed by atoms with Crippen molar-refractivity contribution in [2.24, 2.45) is 7.05 Å². The lowest BCUT2D eigenvalue weighted by molar-refractivity contribution is -0.124. The van der Waals surface area contributed by atoms with Gasteiger partial charge in [0.25, 0.3) is 5.91 Å². The number of sulfone groups is 1. The third-order valence-electron chi connectivity index (χ3n) is 3.98. The van der Waals surface area contributed by atoms with E-state index in [4.69, 9.17) is 12.2 Å². The number of hydrogen-bond donors (Lipinski definition) is 1. The van der Waals surface area contributed by atoms with Crippen LogP contribution < -0.4 is 5.32 Å². The smallest absolute Gasteiger partial charge is 0.266 e. The van der Waals surface area contributed by atoms with Crippen LogP contribution in [0.1, 0.15) is 12.1 Å². The molecule has 1 N–H and O–H groups in total. The summed E-state index contributed by atoms with van der Waals surface area (Å²) in [6.07, 6.45) is 5.16. The lowest BCUT2D eigenvalue weighted by Crippen LogP contribution is -2.38. The van der Waals surface area contributed by atoms with Gasteiger partial charge in [-0.25, -0.2) is 8.42 Å². The van der Waals surface area contributed by atoms with Gasteiger partial charge in [0.05, 0.1) is 16.7 Å². The third-order valence-corrected chi connectivity index (χ3v) is 6.75. The summed E-state index contributed by atoms with van der Waals surface area (Å²) in [5, 5.41) is 3.74. The van der Waals surface area contributed by atoms with E-state index in [-0.39, 0.29) is 30.5 Å². The van der Waals surface area contributed by atoms with Crippen LogP contribution in [-0.4, -0.2) is 52.4 Å². The number of carbonyl (C=O) groups excluding carboxylic acids is 2. The van der Waals surface area contributed by atoms with Gasteiger partial charge in [0, 0.05) is 37.3 Å². The minimum atomic E-state index is -3.22. The molecule has 1 fully saturated rings. The van der Waals surface area contributed by atoms with E-state index in [1.807, 2.05) is 29.9 Å². The van der Waals surface area contributed by atoms with E-state index >= 15 is 0 Å². The van der Waals surface area contributed by atoms with Crippen LogP contribution in [0.2, 0.25) is 0 Å². The largest absolute Gasteiger partial charge is 0.351 e. The first kappa shape index (κ1) is 18.9. The predicted octanol–water partition coefficient (Wildman–Crippen LogP) is 1.04. The molecule has 7 nitrogen and oxygen atoms in total.